The van der Waals surface area contributed by atoms with Crippen LogP contribution in [0.15, 0.2) is 42.5 Å². The van der Waals surface area contributed by atoms with Crippen molar-refractivity contribution in [3.8, 4) is 5.75 Å². The molecule has 3 N–H and O–H groups in total. The lowest BCUT2D eigenvalue weighted by Gasteiger charge is -2.13. The summed E-state index contributed by atoms with van der Waals surface area (Å²) in [6, 6.07) is 13.5. The van der Waals surface area contributed by atoms with Crippen molar-refractivity contribution >= 4 is 11.6 Å². The zero-order valence-electron chi connectivity index (χ0n) is 12.3. The molecule has 0 saturated heterocycles. The lowest BCUT2D eigenvalue weighted by molar-refractivity contribution is -0.114. The molecule has 4 heteroatoms. The Morgan fingerprint density at radius 2 is 2.00 bits per heavy atom. The molecule has 0 aliphatic rings. The van der Waals surface area contributed by atoms with Gasteiger partial charge < -0.3 is 15.8 Å². The molecule has 2 aromatic carbocycles. The van der Waals surface area contributed by atoms with E-state index in [-0.39, 0.29) is 5.91 Å². The first kappa shape index (κ1) is 15.1. The summed E-state index contributed by atoms with van der Waals surface area (Å²) in [5.74, 6) is 0.546. The van der Waals surface area contributed by atoms with Gasteiger partial charge in [-0.05, 0) is 35.7 Å². The van der Waals surface area contributed by atoms with E-state index in [2.05, 4.69) is 11.4 Å². The highest BCUT2D eigenvalue weighted by atomic mass is 16.5. The summed E-state index contributed by atoms with van der Waals surface area (Å²) in [6.45, 7) is 4.50. The average Bonchev–Trinajstić information content (AvgIpc) is 2.46. The van der Waals surface area contributed by atoms with Crippen LogP contribution in [0.3, 0.4) is 0 Å². The molecule has 0 unspecified atom stereocenters. The summed E-state index contributed by atoms with van der Waals surface area (Å²) in [6.07, 6.45) is 0. The van der Waals surface area contributed by atoms with Crippen molar-refractivity contribution in [3.05, 3.63) is 59.2 Å². The van der Waals surface area contributed by atoms with E-state index < -0.39 is 0 Å². The van der Waals surface area contributed by atoms with Gasteiger partial charge in [0.1, 0.15) is 12.4 Å². The summed E-state index contributed by atoms with van der Waals surface area (Å²) in [4.78, 5) is 11.2. The van der Waals surface area contributed by atoms with E-state index in [4.69, 9.17) is 10.5 Å². The van der Waals surface area contributed by atoms with E-state index in [0.29, 0.717) is 24.6 Å². The van der Waals surface area contributed by atoms with Crippen LogP contribution >= 0.6 is 0 Å². The topological polar surface area (TPSA) is 64.3 Å². The Balaban J connectivity index is 2.11. The van der Waals surface area contributed by atoms with E-state index in [1.807, 2.05) is 43.3 Å². The van der Waals surface area contributed by atoms with Gasteiger partial charge >= 0.3 is 0 Å². The highest BCUT2D eigenvalue weighted by molar-refractivity contribution is 5.90. The minimum Gasteiger partial charge on any atom is -0.487 e. The van der Waals surface area contributed by atoms with Gasteiger partial charge in [0.05, 0.1) is 5.69 Å². The predicted molar refractivity (Wildman–Crippen MR) is 84.1 cm³/mol. The number of para-hydroxylation sites is 2. The van der Waals surface area contributed by atoms with Crippen LogP contribution in [0, 0.1) is 6.92 Å². The molecule has 0 saturated carbocycles. The highest BCUT2D eigenvalue weighted by Gasteiger charge is 2.06. The number of rotatable bonds is 5. The van der Waals surface area contributed by atoms with Crippen molar-refractivity contribution < 1.29 is 9.53 Å². The van der Waals surface area contributed by atoms with E-state index in [0.717, 1.165) is 16.7 Å². The Morgan fingerprint density at radius 3 is 2.67 bits per heavy atom. The number of ether oxygens (including phenoxy) is 1. The third-order valence-corrected chi connectivity index (χ3v) is 3.22. The minimum atomic E-state index is -0.116. The van der Waals surface area contributed by atoms with E-state index >= 15 is 0 Å². The molecule has 2 aromatic rings. The molecule has 0 aliphatic heterocycles. The largest absolute Gasteiger partial charge is 0.487 e. The zero-order chi connectivity index (χ0) is 15.2. The van der Waals surface area contributed by atoms with Crippen LogP contribution in [0.1, 0.15) is 23.6 Å². The van der Waals surface area contributed by atoms with Gasteiger partial charge in [-0.25, -0.2) is 0 Å². The normalized spacial score (nSPS) is 10.2. The smallest absolute Gasteiger partial charge is 0.221 e. The van der Waals surface area contributed by atoms with Crippen molar-refractivity contribution in [2.24, 2.45) is 5.73 Å². The van der Waals surface area contributed by atoms with E-state index in [1.54, 1.807) is 0 Å². The van der Waals surface area contributed by atoms with Crippen LogP contribution in [0.2, 0.25) is 0 Å². The van der Waals surface area contributed by atoms with Crippen molar-refractivity contribution in [2.45, 2.75) is 27.0 Å². The number of amides is 1. The Kier molecular flexibility index (Phi) is 4.95. The van der Waals surface area contributed by atoms with E-state index in [1.165, 1.54) is 6.92 Å². The molecule has 0 radical (unpaired) electrons. The molecule has 0 spiro atoms. The number of benzene rings is 2. The number of hydrogen-bond acceptors (Lipinski definition) is 3. The number of hydrogen-bond donors (Lipinski definition) is 2. The Hall–Kier alpha value is -2.33. The Morgan fingerprint density at radius 1 is 1.24 bits per heavy atom. The van der Waals surface area contributed by atoms with Crippen molar-refractivity contribution in [1.82, 2.24) is 0 Å². The van der Waals surface area contributed by atoms with E-state index in [9.17, 15) is 4.79 Å². The number of aryl methyl sites for hydroxylation is 1. The first-order chi connectivity index (χ1) is 10.1. The van der Waals surface area contributed by atoms with Gasteiger partial charge in [0, 0.05) is 13.5 Å². The van der Waals surface area contributed by atoms with Gasteiger partial charge in [-0.2, -0.15) is 0 Å². The quantitative estimate of drug-likeness (QED) is 0.887. The second kappa shape index (κ2) is 6.90. The van der Waals surface area contributed by atoms with Gasteiger partial charge in [0.25, 0.3) is 0 Å². The fraction of sp³-hybridized carbons (Fsp3) is 0.235. The second-order valence-corrected chi connectivity index (χ2v) is 4.93. The van der Waals surface area contributed by atoms with Gasteiger partial charge in [0.15, 0.2) is 0 Å². The summed E-state index contributed by atoms with van der Waals surface area (Å²) in [5.41, 5.74) is 9.67. The first-order valence-electron chi connectivity index (χ1n) is 6.88. The number of nitrogens with one attached hydrogen (secondary N) is 1. The van der Waals surface area contributed by atoms with Crippen LogP contribution in [0.5, 0.6) is 5.75 Å². The molecular weight excluding hydrogens is 264 g/mol. The maximum atomic E-state index is 11.2. The van der Waals surface area contributed by atoms with Crippen molar-refractivity contribution in [3.63, 3.8) is 0 Å². The molecule has 0 bridgehead atoms. The van der Waals surface area contributed by atoms with Crippen molar-refractivity contribution in [1.29, 1.82) is 0 Å². The van der Waals surface area contributed by atoms with Crippen LogP contribution < -0.4 is 15.8 Å². The predicted octanol–water partition coefficient (Wildman–Crippen LogP) is 2.99. The molecule has 110 valence electrons. The van der Waals surface area contributed by atoms with Gasteiger partial charge in [-0.15, -0.1) is 0 Å². The number of carbonyl (C=O) groups is 1. The van der Waals surface area contributed by atoms with Crippen LogP contribution in [-0.4, -0.2) is 5.91 Å². The summed E-state index contributed by atoms with van der Waals surface area (Å²) >= 11 is 0. The van der Waals surface area contributed by atoms with Crippen LogP contribution in [-0.2, 0) is 17.9 Å². The van der Waals surface area contributed by atoms with Gasteiger partial charge in [-0.1, -0.05) is 30.3 Å². The molecule has 21 heavy (non-hydrogen) atoms. The molecule has 0 fully saturated rings. The molecule has 0 aromatic heterocycles. The molecular formula is C17H20N2O2. The SMILES string of the molecule is CC(=O)Nc1ccccc1OCc1ccc(CN)cc1C. The number of nitrogens with two attached hydrogens (primary N) is 1. The van der Waals surface area contributed by atoms with Crippen LogP contribution in [0.4, 0.5) is 5.69 Å². The summed E-state index contributed by atoms with van der Waals surface area (Å²) in [5, 5.41) is 2.76. The lowest BCUT2D eigenvalue weighted by Crippen LogP contribution is -2.08. The highest BCUT2D eigenvalue weighted by Crippen LogP contribution is 2.25. The molecule has 0 atom stereocenters. The third-order valence-electron chi connectivity index (χ3n) is 3.22. The first-order valence-corrected chi connectivity index (χ1v) is 6.88. The fourth-order valence-electron chi connectivity index (χ4n) is 2.09. The standard InChI is InChI=1S/C17H20N2O2/c1-12-9-14(10-18)7-8-15(12)11-21-17-6-4-3-5-16(17)19-13(2)20/h3-9H,10-11,18H2,1-2H3,(H,19,20). The monoisotopic (exact) mass is 284 g/mol. The number of carbonyl (C=O) groups excluding carboxylic acids is 1. The maximum absolute atomic E-state index is 11.2. The summed E-state index contributed by atoms with van der Waals surface area (Å²) < 4.78 is 5.83. The second-order valence-electron chi connectivity index (χ2n) is 4.93. The Labute approximate surface area is 124 Å². The van der Waals surface area contributed by atoms with Crippen LogP contribution in [0.25, 0.3) is 0 Å². The Bertz CT molecular complexity index is 638. The molecule has 2 rings (SSSR count). The average molecular weight is 284 g/mol. The lowest BCUT2D eigenvalue weighted by atomic mass is 10.1. The fourth-order valence-corrected chi connectivity index (χ4v) is 2.09. The molecule has 1 amide bonds. The summed E-state index contributed by atoms with van der Waals surface area (Å²) in [7, 11) is 0. The zero-order valence-corrected chi connectivity index (χ0v) is 12.3. The minimum absolute atomic E-state index is 0.116. The van der Waals surface area contributed by atoms with Gasteiger partial charge in [-0.3, -0.25) is 4.79 Å². The molecule has 0 aliphatic carbocycles. The molecule has 4 nitrogen and oxygen atoms in total. The molecule has 0 heterocycles. The maximum Gasteiger partial charge on any atom is 0.221 e. The van der Waals surface area contributed by atoms with Crippen molar-refractivity contribution in [2.75, 3.05) is 5.32 Å². The van der Waals surface area contributed by atoms with Gasteiger partial charge in [0.2, 0.25) is 5.91 Å². The third kappa shape index (κ3) is 4.07. The number of anilines is 1.